The van der Waals surface area contributed by atoms with E-state index in [9.17, 15) is 0 Å². The number of hydrogen-bond acceptors (Lipinski definition) is 0. The van der Waals surface area contributed by atoms with Gasteiger partial charge in [0.1, 0.15) is 0 Å². The fourth-order valence-electron chi connectivity index (χ4n) is 0.439. The van der Waals surface area contributed by atoms with Crippen LogP contribution in [0, 0.1) is 0 Å². The zero-order chi connectivity index (χ0) is 5.91. The molecule has 0 unspecified atom stereocenters. The Hall–Kier alpha value is 1.12. The fourth-order valence-corrected chi connectivity index (χ4v) is 4.24. The van der Waals surface area contributed by atoms with Crippen molar-refractivity contribution in [3.05, 3.63) is 0 Å². The van der Waals surface area contributed by atoms with Gasteiger partial charge in [-0.15, -0.1) is 0 Å². The predicted molar refractivity (Wildman–Crippen MR) is 38.4 cm³/mol. The molecule has 0 fully saturated rings. The maximum atomic E-state index is 5.79. The molecule has 0 aromatic carbocycles. The molecule has 0 heterocycles. The summed E-state index contributed by atoms with van der Waals surface area (Å²) in [7, 11) is 11.6. The van der Waals surface area contributed by atoms with Crippen molar-refractivity contribution in [1.82, 2.24) is 0 Å². The van der Waals surface area contributed by atoms with E-state index in [4.69, 9.17) is 20.0 Å². The van der Waals surface area contributed by atoms with Gasteiger partial charge >= 0.3 is 55.8 Å². The van der Waals surface area contributed by atoms with Crippen molar-refractivity contribution in [2.75, 3.05) is 0 Å². The molecule has 0 aliphatic carbocycles. The van der Waals surface area contributed by atoms with E-state index in [0.29, 0.717) is 0 Å². The number of hydrogen-bond donors (Lipinski definition) is 0. The summed E-state index contributed by atoms with van der Waals surface area (Å²) in [5.74, 6) is 1.99. The van der Waals surface area contributed by atoms with Crippen LogP contribution in [0.1, 0.15) is 13.3 Å². The molecule has 0 nitrogen and oxygen atoms in total. The zero-order valence-electron chi connectivity index (χ0n) is 4.67. The molecule has 0 saturated carbocycles. The Morgan fingerprint density at radius 2 is 1.86 bits per heavy atom. The van der Waals surface area contributed by atoms with E-state index in [0.717, 1.165) is 11.7 Å². The van der Waals surface area contributed by atoms with Crippen LogP contribution in [0.2, 0.25) is 11.0 Å². The summed E-state index contributed by atoms with van der Waals surface area (Å²) >= 11 is -2.14. The summed E-state index contributed by atoms with van der Waals surface area (Å²) in [6, 6.07) is 0. The molecule has 3 heteroatoms. The van der Waals surface area contributed by atoms with Gasteiger partial charge in [0, 0.05) is 0 Å². The van der Waals surface area contributed by atoms with E-state index in [1.807, 2.05) is 5.76 Å². The van der Waals surface area contributed by atoms with E-state index >= 15 is 0 Å². The average molecular weight is 202 g/mol. The van der Waals surface area contributed by atoms with Gasteiger partial charge in [-0.25, -0.2) is 0 Å². The summed E-state index contributed by atoms with van der Waals surface area (Å²) in [6.45, 7) is 2.11. The fraction of sp³-hybridized carbons (Fsp3) is 1.00. The van der Waals surface area contributed by atoms with E-state index in [1.165, 1.54) is 0 Å². The van der Waals surface area contributed by atoms with Crippen LogP contribution in [-0.2, 0) is 0 Å². The van der Waals surface area contributed by atoms with Crippen molar-refractivity contribution in [2.24, 2.45) is 0 Å². The van der Waals surface area contributed by atoms with Gasteiger partial charge < -0.3 is 0 Å². The Morgan fingerprint density at radius 1 is 1.43 bits per heavy atom. The monoisotopic (exact) mass is 202 g/mol. The molecular weight excluding hydrogens is 192 g/mol. The summed E-state index contributed by atoms with van der Waals surface area (Å²) in [5.41, 5.74) is 0. The Bertz CT molecular complexity index is 48.1. The Balaban J connectivity index is 3.15. The first-order valence-corrected chi connectivity index (χ1v) is 11.5. The Morgan fingerprint density at radius 3 is 1.86 bits per heavy atom. The van der Waals surface area contributed by atoms with Crippen LogP contribution in [0.5, 0.6) is 0 Å². The molecule has 0 aliphatic rings. The summed E-state index contributed by atoms with van der Waals surface area (Å²) in [6.07, 6.45) is 1.13. The van der Waals surface area contributed by atoms with Crippen LogP contribution in [0.15, 0.2) is 0 Å². The molecule has 0 aromatic rings. The van der Waals surface area contributed by atoms with E-state index in [-0.39, 0.29) is 0 Å². The van der Waals surface area contributed by atoms with Crippen LogP contribution >= 0.6 is 20.0 Å². The second-order valence-corrected chi connectivity index (χ2v) is 17.0. The molecule has 0 aliphatic heterocycles. The normalized spacial score (nSPS) is 12.0. The predicted octanol–water partition coefficient (Wildman–Crippen LogP) is 2.95. The van der Waals surface area contributed by atoms with Gasteiger partial charge in [-0.05, 0) is 0 Å². The van der Waals surface area contributed by atoms with Crippen LogP contribution in [0.3, 0.4) is 0 Å². The van der Waals surface area contributed by atoms with Crippen LogP contribution < -0.4 is 0 Å². The molecule has 0 radical (unpaired) electrons. The molecule has 0 amide bonds. The van der Waals surface area contributed by atoms with Gasteiger partial charge in [0.2, 0.25) is 0 Å². The average Bonchev–Trinajstić information content (AvgIpc) is 1.30. The first kappa shape index (κ1) is 8.12. The molecule has 0 aromatic heterocycles. The summed E-state index contributed by atoms with van der Waals surface area (Å²) in [4.78, 5) is 0. The first-order chi connectivity index (χ1) is 3.06. The molecule has 7 heavy (non-hydrogen) atoms. The SMILES string of the molecule is CC[CH2][Ge]([CH3])([Cl])[Cl]. The van der Waals surface area contributed by atoms with Crippen molar-refractivity contribution in [3.8, 4) is 0 Å². The topological polar surface area (TPSA) is 0 Å². The van der Waals surface area contributed by atoms with Gasteiger partial charge in [-0.3, -0.25) is 0 Å². The van der Waals surface area contributed by atoms with Gasteiger partial charge in [-0.1, -0.05) is 0 Å². The van der Waals surface area contributed by atoms with Gasteiger partial charge in [-0.2, -0.15) is 0 Å². The van der Waals surface area contributed by atoms with Crippen LogP contribution in [0.4, 0.5) is 0 Å². The molecule has 0 spiro atoms. The third kappa shape index (κ3) is 7.12. The minimum atomic E-state index is -2.14. The Labute approximate surface area is 55.9 Å². The van der Waals surface area contributed by atoms with Crippen molar-refractivity contribution in [2.45, 2.75) is 24.4 Å². The van der Waals surface area contributed by atoms with Crippen molar-refractivity contribution in [3.63, 3.8) is 0 Å². The third-order valence-corrected chi connectivity index (χ3v) is 5.54. The summed E-state index contributed by atoms with van der Waals surface area (Å²) in [5, 5.41) is 1.06. The van der Waals surface area contributed by atoms with E-state index in [2.05, 4.69) is 6.92 Å². The third-order valence-electron chi connectivity index (χ3n) is 0.689. The second-order valence-electron chi connectivity index (χ2n) is 1.82. The van der Waals surface area contributed by atoms with E-state index in [1.54, 1.807) is 0 Å². The number of rotatable bonds is 2. The quantitative estimate of drug-likeness (QED) is 0.603. The molecule has 0 saturated heterocycles. The molecule has 44 valence electrons. The summed E-state index contributed by atoms with van der Waals surface area (Å²) < 4.78 is 0. The zero-order valence-corrected chi connectivity index (χ0v) is 8.28. The van der Waals surface area contributed by atoms with Gasteiger partial charge in [0.15, 0.2) is 0 Å². The standard InChI is InChI=1S/C4H10Cl2Ge/c1-3-4-7(2,5)6/h3-4H2,1-2H3. The molecule has 0 atom stereocenters. The molecular formula is C4H10Cl2Ge. The van der Waals surface area contributed by atoms with Gasteiger partial charge in [0.25, 0.3) is 0 Å². The molecule has 0 rings (SSSR count). The van der Waals surface area contributed by atoms with E-state index < -0.39 is 11.4 Å². The maximum absolute atomic E-state index is 5.79. The minimum absolute atomic E-state index is 1.06. The first-order valence-electron chi connectivity index (χ1n) is 2.44. The van der Waals surface area contributed by atoms with Gasteiger partial charge in [0.05, 0.1) is 0 Å². The molecule has 0 N–H and O–H groups in total. The van der Waals surface area contributed by atoms with Crippen LogP contribution in [0.25, 0.3) is 0 Å². The second kappa shape index (κ2) is 3.21. The Kier molecular flexibility index (Phi) is 3.72. The van der Waals surface area contributed by atoms with Crippen LogP contribution in [-0.4, -0.2) is 11.4 Å². The number of halogens is 2. The van der Waals surface area contributed by atoms with Crippen molar-refractivity contribution < 1.29 is 0 Å². The van der Waals surface area contributed by atoms with Crippen molar-refractivity contribution in [1.29, 1.82) is 0 Å². The molecule has 0 bridgehead atoms. The van der Waals surface area contributed by atoms with Crippen molar-refractivity contribution >= 4 is 31.4 Å².